The van der Waals surface area contributed by atoms with Gasteiger partial charge in [-0.25, -0.2) is 0 Å². The first kappa shape index (κ1) is 13.3. The number of rotatable bonds is 6. The summed E-state index contributed by atoms with van der Waals surface area (Å²) in [4.78, 5) is 15.5. The number of carbonyl (C=O) groups excluding carboxylic acids is 1. The summed E-state index contributed by atoms with van der Waals surface area (Å²) in [5.41, 5.74) is 0. The molecule has 1 aliphatic carbocycles. The molecule has 1 saturated carbocycles. The van der Waals surface area contributed by atoms with Crippen molar-refractivity contribution >= 4 is 17.2 Å². The number of amides is 1. The van der Waals surface area contributed by atoms with Gasteiger partial charge in [0.1, 0.15) is 0 Å². The molecule has 0 unspecified atom stereocenters. The van der Waals surface area contributed by atoms with E-state index in [4.69, 9.17) is 0 Å². The number of carbonyl (C=O) groups is 1. The molecule has 98 valence electrons. The molecule has 2 nitrogen and oxygen atoms in total. The minimum atomic E-state index is 0.287. The van der Waals surface area contributed by atoms with Gasteiger partial charge in [0, 0.05) is 17.8 Å². The molecule has 1 aromatic rings. The monoisotopic (exact) mass is 263 g/mol. The van der Waals surface area contributed by atoms with Gasteiger partial charge in [0.05, 0.1) is 6.54 Å². The van der Waals surface area contributed by atoms with Crippen LogP contribution in [-0.4, -0.2) is 17.4 Å². The molecule has 3 heteroatoms. The zero-order valence-corrected chi connectivity index (χ0v) is 11.6. The largest absolute Gasteiger partial charge is 0.334 e. The molecule has 0 radical (unpaired) electrons. The highest BCUT2D eigenvalue weighted by molar-refractivity contribution is 7.09. The highest BCUT2D eigenvalue weighted by atomic mass is 32.1. The zero-order chi connectivity index (χ0) is 12.8. The molecule has 0 aliphatic heterocycles. The van der Waals surface area contributed by atoms with Crippen LogP contribution in [0.2, 0.25) is 0 Å². The summed E-state index contributed by atoms with van der Waals surface area (Å²) in [5, 5.41) is 2.06. The maximum atomic E-state index is 12.3. The Morgan fingerprint density at radius 1 is 1.50 bits per heavy atom. The maximum absolute atomic E-state index is 12.3. The van der Waals surface area contributed by atoms with Crippen LogP contribution in [0.15, 0.2) is 30.2 Å². The summed E-state index contributed by atoms with van der Waals surface area (Å²) in [7, 11) is 0. The average Bonchev–Trinajstić information content (AvgIpc) is 3.01. The summed E-state index contributed by atoms with van der Waals surface area (Å²) in [5.74, 6) is 0.906. The van der Waals surface area contributed by atoms with Gasteiger partial charge in [-0.3, -0.25) is 4.79 Å². The first-order valence-corrected chi connectivity index (χ1v) is 7.58. The Balaban J connectivity index is 1.90. The smallest absolute Gasteiger partial charge is 0.223 e. The Hall–Kier alpha value is -1.09. The van der Waals surface area contributed by atoms with Crippen molar-refractivity contribution in [3.8, 4) is 0 Å². The average molecular weight is 263 g/mol. The fraction of sp³-hybridized carbons (Fsp3) is 0.533. The lowest BCUT2D eigenvalue weighted by atomic mass is 10.0. The second-order valence-corrected chi connectivity index (χ2v) is 6.03. The normalized spacial score (nSPS) is 15.8. The number of nitrogens with zero attached hydrogens (tertiary/aromatic N) is 1. The van der Waals surface area contributed by atoms with Crippen molar-refractivity contribution in [2.45, 2.75) is 38.6 Å². The van der Waals surface area contributed by atoms with Crippen molar-refractivity contribution in [1.29, 1.82) is 0 Å². The van der Waals surface area contributed by atoms with Crippen molar-refractivity contribution in [3.63, 3.8) is 0 Å². The van der Waals surface area contributed by atoms with Crippen LogP contribution in [-0.2, 0) is 11.3 Å². The second kappa shape index (κ2) is 6.74. The Bertz CT molecular complexity index is 379. The first-order valence-electron chi connectivity index (χ1n) is 6.70. The molecule has 1 aliphatic rings. The maximum Gasteiger partial charge on any atom is 0.223 e. The van der Waals surface area contributed by atoms with Crippen molar-refractivity contribution in [2.24, 2.45) is 5.92 Å². The van der Waals surface area contributed by atoms with E-state index in [1.807, 2.05) is 17.0 Å². The van der Waals surface area contributed by atoms with Crippen LogP contribution < -0.4 is 0 Å². The molecule has 1 aromatic heterocycles. The van der Waals surface area contributed by atoms with Gasteiger partial charge in [-0.15, -0.1) is 17.9 Å². The fourth-order valence-corrected chi connectivity index (χ4v) is 3.31. The molecular weight excluding hydrogens is 242 g/mol. The van der Waals surface area contributed by atoms with Gasteiger partial charge in [0.15, 0.2) is 0 Å². The number of hydrogen-bond acceptors (Lipinski definition) is 2. The summed E-state index contributed by atoms with van der Waals surface area (Å²) in [6.45, 7) is 5.14. The molecule has 0 atom stereocenters. The molecule has 1 amide bonds. The van der Waals surface area contributed by atoms with Gasteiger partial charge in [0.2, 0.25) is 5.91 Å². The van der Waals surface area contributed by atoms with Gasteiger partial charge in [-0.1, -0.05) is 25.0 Å². The van der Waals surface area contributed by atoms with Gasteiger partial charge in [0.25, 0.3) is 0 Å². The lowest BCUT2D eigenvalue weighted by molar-refractivity contribution is -0.132. The fourth-order valence-electron chi connectivity index (χ4n) is 2.59. The van der Waals surface area contributed by atoms with Crippen LogP contribution in [0.4, 0.5) is 0 Å². The van der Waals surface area contributed by atoms with Crippen molar-refractivity contribution in [2.75, 3.05) is 6.54 Å². The molecule has 0 bridgehead atoms. The van der Waals surface area contributed by atoms with E-state index in [9.17, 15) is 4.79 Å². The summed E-state index contributed by atoms with van der Waals surface area (Å²) in [6, 6.07) is 4.12. The summed E-state index contributed by atoms with van der Waals surface area (Å²) in [6.07, 6.45) is 7.59. The Morgan fingerprint density at radius 2 is 2.28 bits per heavy atom. The molecule has 18 heavy (non-hydrogen) atoms. The summed E-state index contributed by atoms with van der Waals surface area (Å²) < 4.78 is 0. The zero-order valence-electron chi connectivity index (χ0n) is 10.8. The molecule has 2 rings (SSSR count). The quantitative estimate of drug-likeness (QED) is 0.714. The predicted molar refractivity (Wildman–Crippen MR) is 76.5 cm³/mol. The van der Waals surface area contributed by atoms with Crippen LogP contribution in [0.5, 0.6) is 0 Å². The molecule has 0 aromatic carbocycles. The Labute approximate surface area is 113 Å². The van der Waals surface area contributed by atoms with Crippen LogP contribution in [0, 0.1) is 5.92 Å². The topological polar surface area (TPSA) is 20.3 Å². The van der Waals surface area contributed by atoms with Gasteiger partial charge in [-0.2, -0.15) is 0 Å². The van der Waals surface area contributed by atoms with E-state index in [1.54, 1.807) is 11.3 Å². The van der Waals surface area contributed by atoms with E-state index in [0.29, 0.717) is 12.5 Å². The van der Waals surface area contributed by atoms with Crippen molar-refractivity contribution in [1.82, 2.24) is 4.90 Å². The Kier molecular flexibility index (Phi) is 5.00. The molecule has 1 heterocycles. The lowest BCUT2D eigenvalue weighted by Crippen LogP contribution is -2.31. The molecule has 1 fully saturated rings. The second-order valence-electron chi connectivity index (χ2n) is 5.00. The standard InChI is InChI=1S/C15H21NOS/c1-2-9-16(12-14-8-5-10-18-14)15(17)11-13-6-3-4-7-13/h2,5,8,10,13H,1,3-4,6-7,9,11-12H2. The van der Waals surface area contributed by atoms with Gasteiger partial charge in [-0.05, 0) is 30.2 Å². The van der Waals surface area contributed by atoms with E-state index in [2.05, 4.69) is 18.0 Å². The van der Waals surface area contributed by atoms with Gasteiger partial charge >= 0.3 is 0 Å². The molecule has 0 N–H and O–H groups in total. The lowest BCUT2D eigenvalue weighted by Gasteiger charge is -2.22. The minimum absolute atomic E-state index is 0.287. The van der Waals surface area contributed by atoms with E-state index in [-0.39, 0.29) is 5.91 Å². The van der Waals surface area contributed by atoms with Crippen molar-refractivity contribution < 1.29 is 4.79 Å². The van der Waals surface area contributed by atoms with Gasteiger partial charge < -0.3 is 4.90 Å². The van der Waals surface area contributed by atoms with Crippen molar-refractivity contribution in [3.05, 3.63) is 35.0 Å². The van der Waals surface area contributed by atoms with Crippen LogP contribution in [0.3, 0.4) is 0 Å². The van der Waals surface area contributed by atoms with E-state index in [1.165, 1.54) is 30.6 Å². The van der Waals surface area contributed by atoms with E-state index >= 15 is 0 Å². The number of hydrogen-bond donors (Lipinski definition) is 0. The highest BCUT2D eigenvalue weighted by Crippen LogP contribution is 2.28. The predicted octanol–water partition coefficient (Wildman–Crippen LogP) is 3.84. The third-order valence-electron chi connectivity index (χ3n) is 3.57. The van der Waals surface area contributed by atoms with Crippen LogP contribution in [0.1, 0.15) is 37.0 Å². The van der Waals surface area contributed by atoms with E-state index in [0.717, 1.165) is 13.0 Å². The molecule has 0 spiro atoms. The van der Waals surface area contributed by atoms with E-state index < -0.39 is 0 Å². The van der Waals surface area contributed by atoms with Crippen LogP contribution in [0.25, 0.3) is 0 Å². The SMILES string of the molecule is C=CCN(Cc1cccs1)C(=O)CC1CCCC1. The minimum Gasteiger partial charge on any atom is -0.334 e. The number of thiophene rings is 1. The summed E-state index contributed by atoms with van der Waals surface area (Å²) >= 11 is 1.71. The molecule has 0 saturated heterocycles. The Morgan fingerprint density at radius 3 is 2.89 bits per heavy atom. The third-order valence-corrected chi connectivity index (χ3v) is 4.43. The third kappa shape index (κ3) is 3.70. The highest BCUT2D eigenvalue weighted by Gasteiger charge is 2.21. The molecular formula is C15H21NOS. The van der Waals surface area contributed by atoms with Crippen LogP contribution >= 0.6 is 11.3 Å². The first-order chi connectivity index (χ1) is 8.79.